The first-order valence-corrected chi connectivity index (χ1v) is 9.84. The molecule has 4 rings (SSSR count). The summed E-state index contributed by atoms with van der Waals surface area (Å²) in [5.41, 5.74) is 2.66. The van der Waals surface area contributed by atoms with Crippen molar-refractivity contribution >= 4 is 16.9 Å². The van der Waals surface area contributed by atoms with Crippen molar-refractivity contribution in [1.29, 1.82) is 0 Å². The van der Waals surface area contributed by atoms with Crippen LogP contribution in [0.1, 0.15) is 30.0 Å². The first kappa shape index (κ1) is 18.6. The molecule has 2 aromatic carbocycles. The lowest BCUT2D eigenvalue weighted by molar-refractivity contribution is -0.131. The van der Waals surface area contributed by atoms with Crippen molar-refractivity contribution in [3.05, 3.63) is 65.9 Å². The Kier molecular flexibility index (Phi) is 5.35. The number of phenols is 1. The molecule has 0 saturated carbocycles. The number of amides is 1. The number of likely N-dealkylation sites (N-methyl/N-ethyl adjacent to an activating group) is 1. The van der Waals surface area contributed by atoms with Gasteiger partial charge in [0, 0.05) is 24.5 Å². The molecule has 1 saturated heterocycles. The van der Waals surface area contributed by atoms with E-state index in [0.29, 0.717) is 6.42 Å². The smallest absolute Gasteiger partial charge is 0.227 e. The van der Waals surface area contributed by atoms with E-state index in [1.54, 1.807) is 18.4 Å². The van der Waals surface area contributed by atoms with Crippen LogP contribution in [0.25, 0.3) is 11.0 Å². The summed E-state index contributed by atoms with van der Waals surface area (Å²) in [7, 11) is 1.86. The van der Waals surface area contributed by atoms with Gasteiger partial charge in [0.25, 0.3) is 0 Å². The average molecular weight is 378 g/mol. The van der Waals surface area contributed by atoms with E-state index in [9.17, 15) is 9.90 Å². The van der Waals surface area contributed by atoms with Gasteiger partial charge in [0.1, 0.15) is 11.3 Å². The molecule has 1 unspecified atom stereocenters. The van der Waals surface area contributed by atoms with Crippen LogP contribution in [0, 0.1) is 0 Å². The van der Waals surface area contributed by atoms with Crippen molar-refractivity contribution in [2.24, 2.45) is 0 Å². The lowest BCUT2D eigenvalue weighted by Crippen LogP contribution is -2.39. The second-order valence-electron chi connectivity index (χ2n) is 7.56. The summed E-state index contributed by atoms with van der Waals surface area (Å²) >= 11 is 0. The summed E-state index contributed by atoms with van der Waals surface area (Å²) in [5, 5.41) is 10.9. The number of para-hydroxylation sites is 1. The number of phenolic OH excluding ortho intramolecular Hbond substituents is 1. The third kappa shape index (κ3) is 3.90. The Morgan fingerprint density at radius 3 is 2.75 bits per heavy atom. The van der Waals surface area contributed by atoms with Crippen LogP contribution in [-0.4, -0.2) is 47.5 Å². The predicted octanol–water partition coefficient (Wildman–Crippen LogP) is 3.98. The molecule has 2 heterocycles. The normalized spacial score (nSPS) is 15.8. The lowest BCUT2D eigenvalue weighted by Gasteiger charge is -2.32. The van der Waals surface area contributed by atoms with Gasteiger partial charge < -0.3 is 19.3 Å². The van der Waals surface area contributed by atoms with Crippen molar-refractivity contribution in [3.8, 4) is 5.75 Å². The molecule has 3 aromatic rings. The largest absolute Gasteiger partial charge is 0.508 e. The molecular formula is C23H26N2O3. The third-order valence-corrected chi connectivity index (χ3v) is 5.65. The minimum absolute atomic E-state index is 0.0408. The number of hydrogen-bond donors (Lipinski definition) is 1. The van der Waals surface area contributed by atoms with E-state index < -0.39 is 0 Å². The summed E-state index contributed by atoms with van der Waals surface area (Å²) < 4.78 is 5.59. The zero-order valence-electron chi connectivity index (χ0n) is 16.2. The van der Waals surface area contributed by atoms with Crippen LogP contribution in [0.3, 0.4) is 0 Å². The molecule has 0 bridgehead atoms. The van der Waals surface area contributed by atoms with Crippen LogP contribution in [0.15, 0.2) is 59.2 Å². The van der Waals surface area contributed by atoms with Crippen LogP contribution in [0.5, 0.6) is 5.75 Å². The van der Waals surface area contributed by atoms with Crippen molar-refractivity contribution in [2.75, 3.05) is 26.7 Å². The second kappa shape index (κ2) is 8.07. The quantitative estimate of drug-likeness (QED) is 0.705. The van der Waals surface area contributed by atoms with Crippen molar-refractivity contribution in [3.63, 3.8) is 0 Å². The molecule has 1 atom stereocenters. The molecule has 1 fully saturated rings. The first-order chi connectivity index (χ1) is 13.6. The number of benzene rings is 2. The van der Waals surface area contributed by atoms with Gasteiger partial charge in [-0.15, -0.1) is 0 Å². The Morgan fingerprint density at radius 2 is 1.96 bits per heavy atom. The number of likely N-dealkylation sites (tertiary alicyclic amines) is 1. The number of furan rings is 1. The fourth-order valence-electron chi connectivity index (χ4n) is 4.02. The molecule has 146 valence electrons. The monoisotopic (exact) mass is 378 g/mol. The highest BCUT2D eigenvalue weighted by Crippen LogP contribution is 2.27. The molecule has 28 heavy (non-hydrogen) atoms. The highest BCUT2D eigenvalue weighted by molar-refractivity contribution is 5.87. The van der Waals surface area contributed by atoms with Gasteiger partial charge in [-0.1, -0.05) is 30.3 Å². The number of rotatable bonds is 6. The highest BCUT2D eigenvalue weighted by atomic mass is 16.3. The van der Waals surface area contributed by atoms with Gasteiger partial charge in [0.05, 0.1) is 18.7 Å². The van der Waals surface area contributed by atoms with Crippen molar-refractivity contribution in [1.82, 2.24) is 9.80 Å². The van der Waals surface area contributed by atoms with Gasteiger partial charge in [-0.05, 0) is 49.7 Å². The summed E-state index contributed by atoms with van der Waals surface area (Å²) in [6.45, 7) is 2.89. The van der Waals surface area contributed by atoms with Gasteiger partial charge >= 0.3 is 0 Å². The topological polar surface area (TPSA) is 56.9 Å². The fourth-order valence-corrected chi connectivity index (χ4v) is 4.02. The van der Waals surface area contributed by atoms with E-state index in [4.69, 9.17) is 4.42 Å². The molecule has 0 spiro atoms. The zero-order chi connectivity index (χ0) is 19.5. The lowest BCUT2D eigenvalue weighted by atomic mass is 10.0. The van der Waals surface area contributed by atoms with Crippen LogP contribution < -0.4 is 0 Å². The summed E-state index contributed by atoms with van der Waals surface area (Å²) in [6.07, 6.45) is 4.37. The molecular weight excluding hydrogens is 352 g/mol. The van der Waals surface area contributed by atoms with Gasteiger partial charge in [0.2, 0.25) is 5.91 Å². The molecule has 1 aromatic heterocycles. The maximum atomic E-state index is 13.1. The average Bonchev–Trinajstić information content (AvgIpc) is 3.36. The maximum absolute atomic E-state index is 13.1. The Hall–Kier alpha value is -2.79. The van der Waals surface area contributed by atoms with E-state index >= 15 is 0 Å². The molecule has 1 aliphatic heterocycles. The molecule has 0 aliphatic carbocycles. The van der Waals surface area contributed by atoms with E-state index in [1.807, 2.05) is 48.3 Å². The van der Waals surface area contributed by atoms with Crippen molar-refractivity contribution in [2.45, 2.75) is 25.3 Å². The molecule has 5 heteroatoms. The molecule has 1 aliphatic rings. The van der Waals surface area contributed by atoms with E-state index in [-0.39, 0.29) is 17.7 Å². The summed E-state index contributed by atoms with van der Waals surface area (Å²) in [5.74, 6) is 0.268. The number of aromatic hydroxyl groups is 1. The van der Waals surface area contributed by atoms with E-state index in [1.165, 1.54) is 12.8 Å². The summed E-state index contributed by atoms with van der Waals surface area (Å²) in [6, 6.07) is 14.9. The third-order valence-electron chi connectivity index (χ3n) is 5.65. The standard InChI is InChI=1S/C23H26N2O3/c1-24(23(27)14-18-16-28-22-10-3-2-9-20(18)22)21(15-25-11-4-5-12-25)17-7-6-8-19(26)13-17/h2-3,6-10,13,16,21,26H,4-5,11-12,14-15H2,1H3. The second-order valence-corrected chi connectivity index (χ2v) is 7.56. The van der Waals surface area contributed by atoms with Gasteiger partial charge in [-0.2, -0.15) is 0 Å². The molecule has 5 nitrogen and oxygen atoms in total. The van der Waals surface area contributed by atoms with Gasteiger partial charge in [-0.3, -0.25) is 4.79 Å². The number of hydrogen-bond acceptors (Lipinski definition) is 4. The van der Waals surface area contributed by atoms with E-state index in [0.717, 1.165) is 41.7 Å². The van der Waals surface area contributed by atoms with Crippen LogP contribution in [0.2, 0.25) is 0 Å². The Bertz CT molecular complexity index is 959. The Balaban J connectivity index is 1.56. The molecule has 1 N–H and O–H groups in total. The zero-order valence-corrected chi connectivity index (χ0v) is 16.2. The van der Waals surface area contributed by atoms with Crippen molar-refractivity contribution < 1.29 is 14.3 Å². The minimum atomic E-state index is -0.101. The molecule has 1 amide bonds. The van der Waals surface area contributed by atoms with Gasteiger partial charge in [0.15, 0.2) is 0 Å². The number of carbonyl (C=O) groups is 1. The van der Waals surface area contributed by atoms with Gasteiger partial charge in [-0.25, -0.2) is 0 Å². The SMILES string of the molecule is CN(C(=O)Cc1coc2ccccc12)C(CN1CCCC1)c1cccc(O)c1. The predicted molar refractivity (Wildman–Crippen MR) is 109 cm³/mol. The highest BCUT2D eigenvalue weighted by Gasteiger charge is 2.26. The summed E-state index contributed by atoms with van der Waals surface area (Å²) in [4.78, 5) is 17.3. The number of carbonyl (C=O) groups excluding carboxylic acids is 1. The number of nitrogens with zero attached hydrogens (tertiary/aromatic N) is 2. The van der Waals surface area contributed by atoms with Crippen LogP contribution in [0.4, 0.5) is 0 Å². The van der Waals surface area contributed by atoms with E-state index in [2.05, 4.69) is 4.90 Å². The molecule has 0 radical (unpaired) electrons. The number of fused-ring (bicyclic) bond motifs is 1. The minimum Gasteiger partial charge on any atom is -0.508 e. The van der Waals surface area contributed by atoms with Crippen LogP contribution in [-0.2, 0) is 11.2 Å². The fraction of sp³-hybridized carbons (Fsp3) is 0.348. The maximum Gasteiger partial charge on any atom is 0.227 e. The first-order valence-electron chi connectivity index (χ1n) is 9.84. The Labute approximate surface area is 165 Å². The van der Waals surface area contributed by atoms with Crippen LogP contribution >= 0.6 is 0 Å². The Morgan fingerprint density at radius 1 is 1.18 bits per heavy atom.